The number of carbonyl (C=O) groups is 1. The van der Waals surface area contributed by atoms with Crippen LogP contribution in [0.15, 0.2) is 46.9 Å². The van der Waals surface area contributed by atoms with Gasteiger partial charge in [0.1, 0.15) is 5.52 Å². The summed E-state index contributed by atoms with van der Waals surface area (Å²) in [5.41, 5.74) is 5.13. The standard InChI is InChI=1S/C15H15N5OS/c1-11(14-7-4-10-22-14)16-18-15(21)8-9-20-13-6-3-2-5-12(13)17-19-20/h2-7,10H,8-9H2,1H3,(H,18,21)/b16-11+. The summed E-state index contributed by atoms with van der Waals surface area (Å²) in [5, 5.41) is 14.2. The Morgan fingerprint density at radius 3 is 3.00 bits per heavy atom. The highest BCUT2D eigenvalue weighted by Crippen LogP contribution is 2.10. The first-order valence-electron chi connectivity index (χ1n) is 6.89. The first-order chi connectivity index (χ1) is 10.7. The van der Waals surface area contributed by atoms with E-state index in [0.717, 1.165) is 21.6 Å². The van der Waals surface area contributed by atoms with Crippen LogP contribution in [-0.4, -0.2) is 26.6 Å². The predicted molar refractivity (Wildman–Crippen MR) is 86.8 cm³/mol. The van der Waals surface area contributed by atoms with Gasteiger partial charge in [0, 0.05) is 11.3 Å². The molecule has 0 spiro atoms. The van der Waals surface area contributed by atoms with E-state index in [0.29, 0.717) is 13.0 Å². The molecule has 0 fully saturated rings. The van der Waals surface area contributed by atoms with Crippen LogP contribution in [0.2, 0.25) is 0 Å². The van der Waals surface area contributed by atoms with Crippen LogP contribution in [0.3, 0.4) is 0 Å². The summed E-state index contributed by atoms with van der Waals surface area (Å²) in [6.45, 7) is 2.34. The zero-order chi connectivity index (χ0) is 15.4. The van der Waals surface area contributed by atoms with Crippen molar-refractivity contribution < 1.29 is 4.79 Å². The summed E-state index contributed by atoms with van der Waals surface area (Å²) < 4.78 is 1.73. The molecule has 0 saturated carbocycles. The van der Waals surface area contributed by atoms with Crippen LogP contribution >= 0.6 is 11.3 Å². The summed E-state index contributed by atoms with van der Waals surface area (Å²) in [6, 6.07) is 11.6. The third-order valence-corrected chi connectivity index (χ3v) is 4.18. The minimum absolute atomic E-state index is 0.143. The molecule has 0 aliphatic carbocycles. The highest BCUT2D eigenvalue weighted by Gasteiger charge is 2.06. The number of nitrogens with one attached hydrogen (secondary N) is 1. The van der Waals surface area contributed by atoms with Crippen molar-refractivity contribution in [2.75, 3.05) is 0 Å². The minimum Gasteiger partial charge on any atom is -0.273 e. The molecule has 0 aliphatic rings. The van der Waals surface area contributed by atoms with Crippen molar-refractivity contribution in [3.8, 4) is 0 Å². The molecule has 0 atom stereocenters. The van der Waals surface area contributed by atoms with Crippen molar-refractivity contribution in [2.45, 2.75) is 19.9 Å². The van der Waals surface area contributed by atoms with Crippen LogP contribution in [0.5, 0.6) is 0 Å². The molecule has 3 aromatic rings. The van der Waals surface area contributed by atoms with Gasteiger partial charge in [0.25, 0.3) is 0 Å². The van der Waals surface area contributed by atoms with Gasteiger partial charge >= 0.3 is 0 Å². The second-order valence-corrected chi connectivity index (χ2v) is 5.71. The van der Waals surface area contributed by atoms with E-state index in [1.807, 2.05) is 48.7 Å². The summed E-state index contributed by atoms with van der Waals surface area (Å²) in [6.07, 6.45) is 0.300. The van der Waals surface area contributed by atoms with E-state index in [2.05, 4.69) is 20.8 Å². The number of hydrogen-bond acceptors (Lipinski definition) is 5. The second-order valence-electron chi connectivity index (χ2n) is 4.76. The van der Waals surface area contributed by atoms with E-state index in [4.69, 9.17) is 0 Å². The maximum Gasteiger partial charge on any atom is 0.241 e. The number of thiophene rings is 1. The lowest BCUT2D eigenvalue weighted by Crippen LogP contribution is -2.20. The molecule has 112 valence electrons. The molecule has 7 heteroatoms. The van der Waals surface area contributed by atoms with Gasteiger partial charge < -0.3 is 0 Å². The lowest BCUT2D eigenvalue weighted by atomic mass is 10.3. The summed E-state index contributed by atoms with van der Waals surface area (Å²) in [4.78, 5) is 12.9. The fourth-order valence-electron chi connectivity index (χ4n) is 2.03. The van der Waals surface area contributed by atoms with Crippen LogP contribution in [-0.2, 0) is 11.3 Å². The highest BCUT2D eigenvalue weighted by molar-refractivity contribution is 7.12. The van der Waals surface area contributed by atoms with Gasteiger partial charge in [-0.1, -0.05) is 23.4 Å². The van der Waals surface area contributed by atoms with Gasteiger partial charge in [-0.15, -0.1) is 16.4 Å². The Bertz CT molecular complexity index is 806. The van der Waals surface area contributed by atoms with Crippen molar-refractivity contribution in [3.63, 3.8) is 0 Å². The topological polar surface area (TPSA) is 72.2 Å². The lowest BCUT2D eigenvalue weighted by Gasteiger charge is -2.02. The molecule has 0 radical (unpaired) electrons. The highest BCUT2D eigenvalue weighted by atomic mass is 32.1. The molecule has 3 rings (SSSR count). The normalized spacial score (nSPS) is 11.8. The van der Waals surface area contributed by atoms with Crippen LogP contribution in [0.4, 0.5) is 0 Å². The Labute approximate surface area is 131 Å². The van der Waals surface area contributed by atoms with Gasteiger partial charge in [-0.05, 0) is 30.5 Å². The molecule has 0 bridgehead atoms. The predicted octanol–water partition coefficient (Wildman–Crippen LogP) is 2.42. The third-order valence-electron chi connectivity index (χ3n) is 3.20. The van der Waals surface area contributed by atoms with Crippen molar-refractivity contribution in [2.24, 2.45) is 5.10 Å². The van der Waals surface area contributed by atoms with E-state index in [1.165, 1.54) is 0 Å². The van der Waals surface area contributed by atoms with Crippen molar-refractivity contribution in [3.05, 3.63) is 46.7 Å². The number of fused-ring (bicyclic) bond motifs is 1. The van der Waals surface area contributed by atoms with Gasteiger partial charge in [-0.2, -0.15) is 5.10 Å². The molecule has 0 saturated heterocycles. The monoisotopic (exact) mass is 313 g/mol. The Kier molecular flexibility index (Phi) is 4.24. The zero-order valence-electron chi connectivity index (χ0n) is 12.1. The first-order valence-corrected chi connectivity index (χ1v) is 7.77. The Balaban J connectivity index is 1.57. The third kappa shape index (κ3) is 3.20. The molecular formula is C15H15N5OS. The zero-order valence-corrected chi connectivity index (χ0v) is 12.9. The SMILES string of the molecule is C/C(=N\NC(=O)CCn1nnc2ccccc21)c1cccs1. The van der Waals surface area contributed by atoms with E-state index in [9.17, 15) is 4.79 Å². The molecule has 22 heavy (non-hydrogen) atoms. The van der Waals surface area contributed by atoms with Crippen molar-refractivity contribution >= 4 is 34.0 Å². The number of nitrogens with zero attached hydrogens (tertiary/aromatic N) is 4. The van der Waals surface area contributed by atoms with E-state index in [1.54, 1.807) is 16.0 Å². The largest absolute Gasteiger partial charge is 0.273 e. The number of amides is 1. The smallest absolute Gasteiger partial charge is 0.241 e. The van der Waals surface area contributed by atoms with Gasteiger partial charge in [0.15, 0.2) is 0 Å². The number of para-hydroxylation sites is 1. The molecule has 2 heterocycles. The average Bonchev–Trinajstić information content (AvgIpc) is 3.20. The fourth-order valence-corrected chi connectivity index (χ4v) is 2.71. The van der Waals surface area contributed by atoms with Crippen LogP contribution in [0.25, 0.3) is 11.0 Å². The maximum atomic E-state index is 11.9. The Hall–Kier alpha value is -2.54. The number of aryl methyl sites for hydroxylation is 1. The van der Waals surface area contributed by atoms with Gasteiger partial charge in [-0.25, -0.2) is 10.1 Å². The van der Waals surface area contributed by atoms with Crippen LogP contribution in [0, 0.1) is 0 Å². The van der Waals surface area contributed by atoms with Gasteiger partial charge in [-0.3, -0.25) is 4.79 Å². The van der Waals surface area contributed by atoms with Gasteiger partial charge in [0.05, 0.1) is 17.8 Å². The number of rotatable bonds is 5. The minimum atomic E-state index is -0.143. The quantitative estimate of drug-likeness (QED) is 0.581. The number of aromatic nitrogens is 3. The number of hydrazone groups is 1. The van der Waals surface area contributed by atoms with Crippen LogP contribution < -0.4 is 5.43 Å². The maximum absolute atomic E-state index is 11.9. The molecule has 2 aromatic heterocycles. The summed E-state index contributed by atoms with van der Waals surface area (Å²) in [7, 11) is 0. The number of benzene rings is 1. The van der Waals surface area contributed by atoms with E-state index < -0.39 is 0 Å². The average molecular weight is 313 g/mol. The number of hydrogen-bond donors (Lipinski definition) is 1. The number of carbonyl (C=O) groups excluding carboxylic acids is 1. The van der Waals surface area contributed by atoms with Gasteiger partial charge in [0.2, 0.25) is 5.91 Å². The van der Waals surface area contributed by atoms with Crippen molar-refractivity contribution in [1.82, 2.24) is 20.4 Å². The lowest BCUT2D eigenvalue weighted by molar-refractivity contribution is -0.121. The molecule has 0 unspecified atom stereocenters. The molecule has 0 aliphatic heterocycles. The summed E-state index contributed by atoms with van der Waals surface area (Å²) in [5.74, 6) is -0.143. The molecule has 1 aromatic carbocycles. The molecule has 1 N–H and O–H groups in total. The molecular weight excluding hydrogens is 298 g/mol. The second kappa shape index (κ2) is 6.48. The first kappa shape index (κ1) is 14.4. The fraction of sp³-hybridized carbons (Fsp3) is 0.200. The summed E-state index contributed by atoms with van der Waals surface area (Å²) >= 11 is 1.59. The molecule has 6 nitrogen and oxygen atoms in total. The van der Waals surface area contributed by atoms with E-state index in [-0.39, 0.29) is 5.91 Å². The van der Waals surface area contributed by atoms with Crippen LogP contribution in [0.1, 0.15) is 18.2 Å². The van der Waals surface area contributed by atoms with Crippen molar-refractivity contribution in [1.29, 1.82) is 0 Å². The Morgan fingerprint density at radius 1 is 1.32 bits per heavy atom. The molecule has 1 amide bonds. The Morgan fingerprint density at radius 2 is 2.18 bits per heavy atom. The van der Waals surface area contributed by atoms with E-state index >= 15 is 0 Å².